The predicted octanol–water partition coefficient (Wildman–Crippen LogP) is 3.43. The van der Waals surface area contributed by atoms with Crippen molar-refractivity contribution in [2.24, 2.45) is 5.73 Å². The van der Waals surface area contributed by atoms with Gasteiger partial charge in [0, 0.05) is 44.3 Å². The number of benzene rings is 1. The number of hydrogen-bond acceptors (Lipinski definition) is 9. The first-order chi connectivity index (χ1) is 19.2. The molecule has 4 heterocycles. The van der Waals surface area contributed by atoms with E-state index in [1.807, 2.05) is 32.9 Å². The highest BCUT2D eigenvalue weighted by atomic mass is 16.6. The third-order valence-electron chi connectivity index (χ3n) is 7.03. The summed E-state index contributed by atoms with van der Waals surface area (Å²) in [4.78, 5) is 42.9. The lowest BCUT2D eigenvalue weighted by atomic mass is 10.0. The molecule has 3 N–H and O–H groups in total. The lowest BCUT2D eigenvalue weighted by Crippen LogP contribution is -2.47. The molecule has 1 aromatic carbocycles. The number of ether oxygens (including phenoxy) is 2. The topological polar surface area (TPSA) is 136 Å². The molecule has 2 saturated heterocycles. The van der Waals surface area contributed by atoms with Gasteiger partial charge in [-0.2, -0.15) is 0 Å². The number of nitrogens with one attached hydrogen (secondary N) is 1. The Morgan fingerprint density at radius 2 is 1.85 bits per heavy atom. The van der Waals surface area contributed by atoms with Crippen molar-refractivity contribution in [3.8, 4) is 11.3 Å². The minimum absolute atomic E-state index is 0.0682. The SMILES string of the molecule is CC(C)(C)OC(=O)N1CCC[C@H](Nc2ncnc3c(C(N)=O)cc(-c4ccc(CN5CCOCC5)cc4)nc23)C1. The maximum atomic E-state index is 12.7. The monoisotopic (exact) mass is 547 g/mol. The number of fused-ring (bicyclic) bond motifs is 1. The third-order valence-corrected chi connectivity index (χ3v) is 7.03. The smallest absolute Gasteiger partial charge is 0.410 e. The van der Waals surface area contributed by atoms with Gasteiger partial charge in [-0.1, -0.05) is 24.3 Å². The standard InChI is InChI=1S/C29H37N7O4/c1-29(2,3)40-28(38)36-10-4-5-21(17-36)33-27-25-24(31-18-32-27)22(26(30)37)15-23(34-25)20-8-6-19(7-9-20)16-35-11-13-39-14-12-35/h6-9,15,18,21H,4-5,10-14,16-17H2,1-3H3,(H2,30,37)(H,31,32,33)/t21-/m0/s1. The Morgan fingerprint density at radius 1 is 1.10 bits per heavy atom. The Hall–Kier alpha value is -3.83. The number of nitrogens with zero attached hydrogens (tertiary/aromatic N) is 5. The van der Waals surface area contributed by atoms with Gasteiger partial charge >= 0.3 is 6.09 Å². The summed E-state index contributed by atoms with van der Waals surface area (Å²) in [5, 5.41) is 3.44. The number of nitrogens with two attached hydrogens (primary N) is 1. The fourth-order valence-electron chi connectivity index (χ4n) is 5.06. The number of aromatic nitrogens is 3. The van der Waals surface area contributed by atoms with Crippen LogP contribution in [-0.2, 0) is 16.0 Å². The van der Waals surface area contributed by atoms with E-state index in [4.69, 9.17) is 20.2 Å². The molecule has 0 spiro atoms. The minimum Gasteiger partial charge on any atom is -0.444 e. The van der Waals surface area contributed by atoms with Gasteiger partial charge in [0.1, 0.15) is 23.0 Å². The molecule has 0 radical (unpaired) electrons. The van der Waals surface area contributed by atoms with E-state index in [0.717, 1.165) is 51.3 Å². The van der Waals surface area contributed by atoms with Crippen molar-refractivity contribution in [3.05, 3.63) is 47.8 Å². The second-order valence-electron chi connectivity index (χ2n) is 11.3. The van der Waals surface area contributed by atoms with Crippen LogP contribution in [0.15, 0.2) is 36.7 Å². The number of pyridine rings is 1. The summed E-state index contributed by atoms with van der Waals surface area (Å²) < 4.78 is 11.0. The maximum Gasteiger partial charge on any atom is 0.410 e. The van der Waals surface area contributed by atoms with E-state index < -0.39 is 11.5 Å². The quantitative estimate of drug-likeness (QED) is 0.476. The molecule has 212 valence electrons. The number of anilines is 1. The van der Waals surface area contributed by atoms with Gasteiger partial charge in [0.25, 0.3) is 5.91 Å². The minimum atomic E-state index is -0.587. The second-order valence-corrected chi connectivity index (χ2v) is 11.3. The fraction of sp³-hybridized carbons (Fsp3) is 0.483. The number of carbonyl (C=O) groups excluding carboxylic acids is 2. The van der Waals surface area contributed by atoms with Gasteiger partial charge in [-0.05, 0) is 45.2 Å². The zero-order chi connectivity index (χ0) is 28.3. The van der Waals surface area contributed by atoms with Crippen LogP contribution in [0, 0.1) is 0 Å². The molecule has 11 heteroatoms. The van der Waals surface area contributed by atoms with Crippen LogP contribution in [0.1, 0.15) is 49.5 Å². The van der Waals surface area contributed by atoms with E-state index in [9.17, 15) is 9.59 Å². The molecular weight excluding hydrogens is 510 g/mol. The lowest BCUT2D eigenvalue weighted by Gasteiger charge is -2.34. The highest BCUT2D eigenvalue weighted by Crippen LogP contribution is 2.28. The first kappa shape index (κ1) is 27.7. The van der Waals surface area contributed by atoms with Gasteiger partial charge < -0.3 is 25.4 Å². The van der Waals surface area contributed by atoms with Crippen LogP contribution in [0.25, 0.3) is 22.3 Å². The summed E-state index contributed by atoms with van der Waals surface area (Å²) in [7, 11) is 0. The fourth-order valence-corrected chi connectivity index (χ4v) is 5.06. The van der Waals surface area contributed by atoms with Crippen LogP contribution >= 0.6 is 0 Å². The highest BCUT2D eigenvalue weighted by Gasteiger charge is 2.28. The van der Waals surface area contributed by atoms with Crippen LogP contribution in [0.4, 0.5) is 10.6 Å². The van der Waals surface area contributed by atoms with E-state index in [-0.39, 0.29) is 17.7 Å². The molecule has 1 atom stereocenters. The molecule has 0 aliphatic carbocycles. The molecule has 2 aliphatic heterocycles. The van der Waals surface area contributed by atoms with E-state index in [1.54, 1.807) is 11.0 Å². The molecular formula is C29H37N7O4. The molecule has 0 unspecified atom stereocenters. The van der Waals surface area contributed by atoms with Crippen LogP contribution in [0.2, 0.25) is 0 Å². The number of hydrogen-bond donors (Lipinski definition) is 2. The zero-order valence-corrected chi connectivity index (χ0v) is 23.4. The summed E-state index contributed by atoms with van der Waals surface area (Å²) in [6.07, 6.45) is 2.73. The summed E-state index contributed by atoms with van der Waals surface area (Å²) in [6, 6.07) is 9.78. The number of amides is 2. The van der Waals surface area contributed by atoms with Crippen molar-refractivity contribution in [3.63, 3.8) is 0 Å². The lowest BCUT2D eigenvalue weighted by molar-refractivity contribution is 0.0206. The number of likely N-dealkylation sites (tertiary alicyclic amines) is 1. The molecule has 2 fully saturated rings. The van der Waals surface area contributed by atoms with Gasteiger partial charge in [-0.15, -0.1) is 0 Å². The Labute approximate surface area is 234 Å². The van der Waals surface area contributed by atoms with Gasteiger partial charge in [0.15, 0.2) is 5.82 Å². The number of primary amides is 1. The van der Waals surface area contributed by atoms with Gasteiger partial charge in [-0.3, -0.25) is 9.69 Å². The molecule has 0 bridgehead atoms. The molecule has 2 amide bonds. The number of morpholine rings is 1. The molecule has 11 nitrogen and oxygen atoms in total. The first-order valence-electron chi connectivity index (χ1n) is 13.8. The normalized spacial score (nSPS) is 18.5. The second kappa shape index (κ2) is 11.7. The highest BCUT2D eigenvalue weighted by molar-refractivity contribution is 6.06. The average Bonchev–Trinajstić information content (AvgIpc) is 2.93. The number of rotatable bonds is 6. The van der Waals surface area contributed by atoms with Gasteiger partial charge in [-0.25, -0.2) is 19.7 Å². The van der Waals surface area contributed by atoms with Crippen molar-refractivity contribution in [2.75, 3.05) is 44.7 Å². The molecule has 40 heavy (non-hydrogen) atoms. The van der Waals surface area contributed by atoms with E-state index in [2.05, 4.69) is 32.3 Å². The Morgan fingerprint density at radius 3 is 2.55 bits per heavy atom. The van der Waals surface area contributed by atoms with Crippen molar-refractivity contribution >= 4 is 28.9 Å². The van der Waals surface area contributed by atoms with E-state index in [0.29, 0.717) is 35.6 Å². The average molecular weight is 548 g/mol. The maximum absolute atomic E-state index is 12.7. The summed E-state index contributed by atoms with van der Waals surface area (Å²) in [5.74, 6) is -0.0923. The molecule has 2 aliphatic rings. The van der Waals surface area contributed by atoms with Crippen LogP contribution in [-0.4, -0.2) is 87.8 Å². The van der Waals surface area contributed by atoms with E-state index >= 15 is 0 Å². The predicted molar refractivity (Wildman–Crippen MR) is 152 cm³/mol. The zero-order valence-electron chi connectivity index (χ0n) is 23.4. The Kier molecular flexibility index (Phi) is 8.13. The van der Waals surface area contributed by atoms with E-state index in [1.165, 1.54) is 11.9 Å². The first-order valence-corrected chi connectivity index (χ1v) is 13.8. The van der Waals surface area contributed by atoms with Crippen LogP contribution in [0.3, 0.4) is 0 Å². The number of carbonyl (C=O) groups is 2. The van der Waals surface area contributed by atoms with Crippen molar-refractivity contribution in [1.82, 2.24) is 24.8 Å². The Balaban J connectivity index is 1.40. The van der Waals surface area contributed by atoms with Crippen molar-refractivity contribution in [2.45, 2.75) is 51.8 Å². The summed E-state index contributed by atoms with van der Waals surface area (Å²) in [6.45, 7) is 10.9. The van der Waals surface area contributed by atoms with Crippen molar-refractivity contribution in [1.29, 1.82) is 0 Å². The largest absolute Gasteiger partial charge is 0.444 e. The van der Waals surface area contributed by atoms with Gasteiger partial charge in [0.05, 0.1) is 24.5 Å². The van der Waals surface area contributed by atoms with Crippen molar-refractivity contribution < 1.29 is 19.1 Å². The summed E-state index contributed by atoms with van der Waals surface area (Å²) in [5.41, 5.74) is 8.99. The number of piperidine rings is 1. The molecule has 2 aromatic heterocycles. The van der Waals surface area contributed by atoms with Gasteiger partial charge in [0.2, 0.25) is 0 Å². The Bertz CT molecular complexity index is 1370. The van der Waals surface area contributed by atoms with Crippen LogP contribution < -0.4 is 11.1 Å². The third kappa shape index (κ3) is 6.65. The van der Waals surface area contributed by atoms with Crippen LogP contribution in [0.5, 0.6) is 0 Å². The summed E-state index contributed by atoms with van der Waals surface area (Å²) >= 11 is 0. The molecule has 3 aromatic rings. The molecule has 5 rings (SSSR count). The molecule has 0 saturated carbocycles.